The molecule has 15 heavy (non-hydrogen) atoms. The molecular formula is C11H17NO2S. The summed E-state index contributed by atoms with van der Waals surface area (Å²) >= 11 is 0. The Hall–Kier alpha value is -0.770. The Morgan fingerprint density at radius 2 is 1.60 bits per heavy atom. The van der Waals surface area contributed by atoms with E-state index in [4.69, 9.17) is 0 Å². The van der Waals surface area contributed by atoms with Crippen molar-refractivity contribution in [2.24, 2.45) is 0 Å². The molecule has 1 aliphatic rings. The molecule has 4 heteroatoms. The fourth-order valence-electron chi connectivity index (χ4n) is 2.39. The largest absolute Gasteiger partial charge is 0.346 e. The van der Waals surface area contributed by atoms with E-state index in [9.17, 15) is 8.42 Å². The number of rotatable bonds is 1. The maximum atomic E-state index is 11.3. The second-order valence-electron chi connectivity index (χ2n) is 4.37. The molecule has 0 N–H and O–H groups in total. The van der Waals surface area contributed by atoms with Crippen LogP contribution in [-0.2, 0) is 9.84 Å². The summed E-state index contributed by atoms with van der Waals surface area (Å²) in [7, 11) is -2.75. The third-order valence-electron chi connectivity index (χ3n) is 3.22. The standard InChI is InChI=1S/C11H17NO2S/c1-9-3-4-10(2)12(9)11-5-7-15(13,14)8-6-11/h3-4,11H,5-8H2,1-2H3. The lowest BCUT2D eigenvalue weighted by Gasteiger charge is -2.26. The number of nitrogens with zero attached hydrogens (tertiary/aromatic N) is 1. The van der Waals surface area contributed by atoms with Crippen LogP contribution in [0.1, 0.15) is 30.3 Å². The highest BCUT2D eigenvalue weighted by Gasteiger charge is 2.25. The maximum absolute atomic E-state index is 11.3. The van der Waals surface area contributed by atoms with E-state index in [-0.39, 0.29) is 0 Å². The first-order chi connectivity index (χ1) is 6.99. The minimum absolute atomic E-state index is 0.342. The normalized spacial score (nSPS) is 21.7. The van der Waals surface area contributed by atoms with Crippen LogP contribution in [0.4, 0.5) is 0 Å². The first-order valence-electron chi connectivity index (χ1n) is 5.34. The SMILES string of the molecule is Cc1ccc(C)n1C1CCS(=O)(=O)CC1. The third kappa shape index (κ3) is 2.09. The minimum Gasteiger partial charge on any atom is -0.346 e. The molecule has 0 atom stereocenters. The van der Waals surface area contributed by atoms with Gasteiger partial charge in [-0.05, 0) is 38.8 Å². The van der Waals surface area contributed by atoms with Gasteiger partial charge in [-0.25, -0.2) is 8.42 Å². The summed E-state index contributed by atoms with van der Waals surface area (Å²) < 4.78 is 24.9. The molecule has 0 radical (unpaired) electrons. The molecule has 0 saturated carbocycles. The lowest BCUT2D eigenvalue weighted by molar-refractivity contribution is 0.438. The van der Waals surface area contributed by atoms with Gasteiger partial charge in [0.25, 0.3) is 0 Å². The van der Waals surface area contributed by atoms with Crippen molar-refractivity contribution in [2.75, 3.05) is 11.5 Å². The Labute approximate surface area is 91.0 Å². The van der Waals surface area contributed by atoms with Crippen LogP contribution in [0.25, 0.3) is 0 Å². The Balaban J connectivity index is 2.21. The summed E-state index contributed by atoms with van der Waals surface area (Å²) in [6.07, 6.45) is 1.53. The average molecular weight is 227 g/mol. The summed E-state index contributed by atoms with van der Waals surface area (Å²) in [6.45, 7) is 4.16. The molecule has 1 fully saturated rings. The first kappa shape index (κ1) is 10.7. The molecule has 84 valence electrons. The second-order valence-corrected chi connectivity index (χ2v) is 6.67. The molecule has 0 bridgehead atoms. The molecule has 1 saturated heterocycles. The molecule has 1 aromatic heterocycles. The van der Waals surface area contributed by atoms with Crippen LogP contribution in [-0.4, -0.2) is 24.5 Å². The second kappa shape index (κ2) is 3.67. The fourth-order valence-corrected chi connectivity index (χ4v) is 3.86. The Morgan fingerprint density at radius 1 is 1.13 bits per heavy atom. The van der Waals surface area contributed by atoms with Crippen LogP contribution in [0.2, 0.25) is 0 Å². The predicted molar refractivity (Wildman–Crippen MR) is 60.8 cm³/mol. The van der Waals surface area contributed by atoms with Crippen molar-refractivity contribution >= 4 is 9.84 Å². The molecule has 0 aromatic carbocycles. The van der Waals surface area contributed by atoms with Gasteiger partial charge in [-0.2, -0.15) is 0 Å². The quantitative estimate of drug-likeness (QED) is 0.734. The van der Waals surface area contributed by atoms with Gasteiger partial charge in [0.2, 0.25) is 0 Å². The zero-order valence-electron chi connectivity index (χ0n) is 9.23. The predicted octanol–water partition coefficient (Wildman–Crippen LogP) is 1.85. The van der Waals surface area contributed by atoms with Crippen LogP contribution in [0, 0.1) is 13.8 Å². The minimum atomic E-state index is -2.75. The van der Waals surface area contributed by atoms with Gasteiger partial charge in [-0.3, -0.25) is 0 Å². The van der Waals surface area contributed by atoms with Crippen molar-refractivity contribution < 1.29 is 8.42 Å². The van der Waals surface area contributed by atoms with Gasteiger partial charge in [-0.15, -0.1) is 0 Å². The molecular weight excluding hydrogens is 210 g/mol. The first-order valence-corrected chi connectivity index (χ1v) is 7.16. The Kier molecular flexibility index (Phi) is 2.63. The van der Waals surface area contributed by atoms with E-state index < -0.39 is 9.84 Å². The summed E-state index contributed by atoms with van der Waals surface area (Å²) in [6, 6.07) is 4.57. The van der Waals surface area contributed by atoms with E-state index in [1.54, 1.807) is 0 Å². The van der Waals surface area contributed by atoms with Crippen molar-refractivity contribution in [2.45, 2.75) is 32.7 Å². The van der Waals surface area contributed by atoms with Gasteiger partial charge in [0.05, 0.1) is 11.5 Å². The molecule has 2 rings (SSSR count). The van der Waals surface area contributed by atoms with Crippen LogP contribution < -0.4 is 0 Å². The molecule has 0 spiro atoms. The fraction of sp³-hybridized carbons (Fsp3) is 0.636. The smallest absolute Gasteiger partial charge is 0.150 e. The van der Waals surface area contributed by atoms with Gasteiger partial charge in [0.1, 0.15) is 9.84 Å². The number of aryl methyl sites for hydroxylation is 2. The molecule has 1 aliphatic heterocycles. The summed E-state index contributed by atoms with van der Waals surface area (Å²) in [5, 5.41) is 0. The van der Waals surface area contributed by atoms with Crippen molar-refractivity contribution in [1.82, 2.24) is 4.57 Å². The molecule has 3 nitrogen and oxygen atoms in total. The zero-order valence-corrected chi connectivity index (χ0v) is 10.0. The highest BCUT2D eigenvalue weighted by Crippen LogP contribution is 2.27. The number of aromatic nitrogens is 1. The number of hydrogen-bond donors (Lipinski definition) is 0. The van der Waals surface area contributed by atoms with Crippen LogP contribution in [0.5, 0.6) is 0 Å². The van der Waals surface area contributed by atoms with Crippen molar-refractivity contribution in [1.29, 1.82) is 0 Å². The van der Waals surface area contributed by atoms with Gasteiger partial charge >= 0.3 is 0 Å². The van der Waals surface area contributed by atoms with Crippen LogP contribution >= 0.6 is 0 Å². The molecule has 0 aliphatic carbocycles. The summed E-state index contributed by atoms with van der Waals surface area (Å²) in [5.41, 5.74) is 2.47. The maximum Gasteiger partial charge on any atom is 0.150 e. The Morgan fingerprint density at radius 3 is 2.07 bits per heavy atom. The summed E-state index contributed by atoms with van der Waals surface area (Å²) in [5.74, 6) is 0.684. The monoisotopic (exact) mass is 227 g/mol. The van der Waals surface area contributed by atoms with Crippen molar-refractivity contribution in [3.63, 3.8) is 0 Å². The average Bonchev–Trinajstić information content (AvgIpc) is 2.48. The third-order valence-corrected chi connectivity index (χ3v) is 4.93. The highest BCUT2D eigenvalue weighted by molar-refractivity contribution is 7.91. The number of sulfone groups is 1. The van der Waals surface area contributed by atoms with Gasteiger partial charge in [0, 0.05) is 17.4 Å². The van der Waals surface area contributed by atoms with E-state index in [2.05, 4.69) is 30.5 Å². The number of hydrogen-bond acceptors (Lipinski definition) is 2. The molecule has 1 aromatic rings. The lowest BCUT2D eigenvalue weighted by Crippen LogP contribution is -2.26. The van der Waals surface area contributed by atoms with E-state index in [0.717, 1.165) is 12.8 Å². The molecule has 2 heterocycles. The van der Waals surface area contributed by atoms with Gasteiger partial charge in [-0.1, -0.05) is 0 Å². The van der Waals surface area contributed by atoms with Gasteiger partial charge < -0.3 is 4.57 Å². The van der Waals surface area contributed by atoms with E-state index in [1.165, 1.54) is 11.4 Å². The highest BCUT2D eigenvalue weighted by atomic mass is 32.2. The van der Waals surface area contributed by atoms with E-state index in [1.807, 2.05) is 0 Å². The zero-order chi connectivity index (χ0) is 11.1. The molecule has 0 amide bonds. The Bertz CT molecular complexity index is 425. The topological polar surface area (TPSA) is 39.1 Å². The molecule has 0 unspecified atom stereocenters. The van der Waals surface area contributed by atoms with E-state index >= 15 is 0 Å². The van der Waals surface area contributed by atoms with Crippen LogP contribution in [0.3, 0.4) is 0 Å². The lowest BCUT2D eigenvalue weighted by atomic mass is 10.1. The van der Waals surface area contributed by atoms with Crippen molar-refractivity contribution in [3.8, 4) is 0 Å². The van der Waals surface area contributed by atoms with E-state index in [0.29, 0.717) is 17.5 Å². The van der Waals surface area contributed by atoms with Crippen molar-refractivity contribution in [3.05, 3.63) is 23.5 Å². The van der Waals surface area contributed by atoms with Crippen LogP contribution in [0.15, 0.2) is 12.1 Å². The van der Waals surface area contributed by atoms with Gasteiger partial charge in [0.15, 0.2) is 0 Å². The summed E-state index contributed by atoms with van der Waals surface area (Å²) in [4.78, 5) is 0.